The molecule has 0 saturated carbocycles. The van der Waals surface area contributed by atoms with Crippen molar-refractivity contribution in [2.75, 3.05) is 25.0 Å². The number of hydrogen-bond acceptors (Lipinski definition) is 4. The van der Waals surface area contributed by atoms with Gasteiger partial charge in [0.15, 0.2) is 0 Å². The van der Waals surface area contributed by atoms with Gasteiger partial charge in [0.05, 0.1) is 0 Å². The standard InChI is InChI=1S/C27H27N3O4/c31-25(28-16-17-29-27(33)24-7-4-18-34-24)21-12-14-23(15-13-21)30-26(32)22-10-8-20(9-11-22)19-5-2-1-3-6-19/h1-3,5-6,8-15,24H,4,7,16-18H2,(H,28,31)(H,29,33)(H,30,32). The van der Waals surface area contributed by atoms with Gasteiger partial charge in [-0.05, 0) is 60.4 Å². The lowest BCUT2D eigenvalue weighted by Gasteiger charge is -2.11. The van der Waals surface area contributed by atoms with Crippen LogP contribution in [0.5, 0.6) is 0 Å². The summed E-state index contributed by atoms with van der Waals surface area (Å²) in [5, 5.41) is 8.38. The Labute approximate surface area is 198 Å². The molecule has 1 unspecified atom stereocenters. The van der Waals surface area contributed by atoms with E-state index in [0.717, 1.165) is 24.0 Å². The zero-order valence-corrected chi connectivity index (χ0v) is 18.8. The van der Waals surface area contributed by atoms with Crippen LogP contribution in [-0.2, 0) is 9.53 Å². The molecule has 3 N–H and O–H groups in total. The lowest BCUT2D eigenvalue weighted by Crippen LogP contribution is -2.39. The second kappa shape index (κ2) is 11.2. The van der Waals surface area contributed by atoms with E-state index in [-0.39, 0.29) is 23.8 Å². The first-order valence-electron chi connectivity index (χ1n) is 11.3. The number of carbonyl (C=O) groups excluding carboxylic acids is 3. The van der Waals surface area contributed by atoms with Gasteiger partial charge in [-0.15, -0.1) is 0 Å². The smallest absolute Gasteiger partial charge is 0.255 e. The van der Waals surface area contributed by atoms with Gasteiger partial charge in [-0.25, -0.2) is 0 Å². The number of benzene rings is 3. The van der Waals surface area contributed by atoms with Crippen LogP contribution >= 0.6 is 0 Å². The molecule has 34 heavy (non-hydrogen) atoms. The van der Waals surface area contributed by atoms with Crippen molar-refractivity contribution in [3.05, 3.63) is 90.0 Å². The van der Waals surface area contributed by atoms with Gasteiger partial charge in [0.25, 0.3) is 11.8 Å². The van der Waals surface area contributed by atoms with Crippen LogP contribution in [0.25, 0.3) is 11.1 Å². The average molecular weight is 458 g/mol. The number of rotatable bonds is 8. The molecule has 1 fully saturated rings. The van der Waals surface area contributed by atoms with Crippen molar-refractivity contribution in [2.45, 2.75) is 18.9 Å². The molecule has 1 saturated heterocycles. The highest BCUT2D eigenvalue weighted by Crippen LogP contribution is 2.20. The third kappa shape index (κ3) is 6.08. The Morgan fingerprint density at radius 2 is 1.35 bits per heavy atom. The number of nitrogens with one attached hydrogen (secondary N) is 3. The minimum atomic E-state index is -0.375. The van der Waals surface area contributed by atoms with E-state index in [4.69, 9.17) is 4.74 Å². The Bertz CT molecular complexity index is 1120. The first kappa shape index (κ1) is 23.2. The van der Waals surface area contributed by atoms with Crippen molar-refractivity contribution < 1.29 is 19.1 Å². The lowest BCUT2D eigenvalue weighted by atomic mass is 10.0. The summed E-state index contributed by atoms with van der Waals surface area (Å²) in [4.78, 5) is 36.8. The summed E-state index contributed by atoms with van der Waals surface area (Å²) in [6.07, 6.45) is 1.26. The van der Waals surface area contributed by atoms with Crippen LogP contribution in [0.1, 0.15) is 33.6 Å². The molecule has 0 aliphatic carbocycles. The van der Waals surface area contributed by atoms with Gasteiger partial charge in [0, 0.05) is 36.5 Å². The topological polar surface area (TPSA) is 96.5 Å². The third-order valence-electron chi connectivity index (χ3n) is 5.59. The van der Waals surface area contributed by atoms with E-state index in [1.165, 1.54) is 0 Å². The molecular weight excluding hydrogens is 430 g/mol. The van der Waals surface area contributed by atoms with Crippen molar-refractivity contribution >= 4 is 23.4 Å². The van der Waals surface area contributed by atoms with Gasteiger partial charge in [0.2, 0.25) is 5.91 Å². The first-order chi connectivity index (χ1) is 16.6. The van der Waals surface area contributed by atoms with E-state index in [9.17, 15) is 14.4 Å². The summed E-state index contributed by atoms with van der Waals surface area (Å²) in [6, 6.07) is 24.0. The Morgan fingerprint density at radius 3 is 2.03 bits per heavy atom. The molecule has 1 aliphatic heterocycles. The minimum absolute atomic E-state index is 0.137. The molecular formula is C27H27N3O4. The second-order valence-corrected chi connectivity index (χ2v) is 8.02. The van der Waals surface area contributed by atoms with Crippen molar-refractivity contribution in [3.63, 3.8) is 0 Å². The predicted octanol–water partition coefficient (Wildman–Crippen LogP) is 3.63. The molecule has 0 aromatic heterocycles. The van der Waals surface area contributed by atoms with Crippen LogP contribution in [0.3, 0.4) is 0 Å². The maximum absolute atomic E-state index is 12.6. The Hall–Kier alpha value is -3.97. The van der Waals surface area contributed by atoms with E-state index >= 15 is 0 Å². The maximum atomic E-state index is 12.6. The van der Waals surface area contributed by atoms with Gasteiger partial charge < -0.3 is 20.7 Å². The molecule has 174 valence electrons. The largest absolute Gasteiger partial charge is 0.368 e. The zero-order valence-electron chi connectivity index (χ0n) is 18.8. The molecule has 0 spiro atoms. The van der Waals surface area contributed by atoms with Crippen molar-refractivity contribution in [1.82, 2.24) is 10.6 Å². The Morgan fingerprint density at radius 1 is 0.735 bits per heavy atom. The molecule has 3 aromatic carbocycles. The highest BCUT2D eigenvalue weighted by atomic mass is 16.5. The molecule has 3 aromatic rings. The van der Waals surface area contributed by atoms with Crippen LogP contribution in [0.2, 0.25) is 0 Å². The SMILES string of the molecule is O=C(NCCNC(=O)C1CCCO1)c1ccc(NC(=O)c2ccc(-c3ccccc3)cc2)cc1. The van der Waals surface area contributed by atoms with Gasteiger partial charge >= 0.3 is 0 Å². The average Bonchev–Trinajstić information content (AvgIpc) is 3.43. The van der Waals surface area contributed by atoms with Gasteiger partial charge in [-0.1, -0.05) is 42.5 Å². The maximum Gasteiger partial charge on any atom is 0.255 e. The number of carbonyl (C=O) groups is 3. The molecule has 4 rings (SSSR count). The molecule has 3 amide bonds. The number of anilines is 1. The number of hydrogen-bond donors (Lipinski definition) is 3. The molecule has 0 bridgehead atoms. The van der Waals surface area contributed by atoms with Crippen molar-refractivity contribution in [3.8, 4) is 11.1 Å². The fraction of sp³-hybridized carbons (Fsp3) is 0.222. The zero-order chi connectivity index (χ0) is 23.8. The summed E-state index contributed by atoms with van der Waals surface area (Å²) >= 11 is 0. The van der Waals surface area contributed by atoms with Gasteiger partial charge in [0.1, 0.15) is 6.10 Å². The fourth-order valence-corrected chi connectivity index (χ4v) is 3.71. The predicted molar refractivity (Wildman–Crippen MR) is 131 cm³/mol. The van der Waals surface area contributed by atoms with E-state index in [2.05, 4.69) is 16.0 Å². The third-order valence-corrected chi connectivity index (χ3v) is 5.59. The van der Waals surface area contributed by atoms with E-state index < -0.39 is 0 Å². The highest BCUT2D eigenvalue weighted by molar-refractivity contribution is 6.04. The minimum Gasteiger partial charge on any atom is -0.368 e. The summed E-state index contributed by atoms with van der Waals surface area (Å²) in [5.74, 6) is -0.610. The van der Waals surface area contributed by atoms with Crippen molar-refractivity contribution in [1.29, 1.82) is 0 Å². The fourth-order valence-electron chi connectivity index (χ4n) is 3.71. The molecule has 1 aliphatic rings. The van der Waals surface area contributed by atoms with E-state index in [1.54, 1.807) is 36.4 Å². The highest BCUT2D eigenvalue weighted by Gasteiger charge is 2.22. The quantitative estimate of drug-likeness (QED) is 0.450. The summed E-state index contributed by atoms with van der Waals surface area (Å²) in [6.45, 7) is 1.27. The van der Waals surface area contributed by atoms with Crippen LogP contribution in [0.4, 0.5) is 5.69 Å². The van der Waals surface area contributed by atoms with Crippen LogP contribution in [0, 0.1) is 0 Å². The van der Waals surface area contributed by atoms with Crippen LogP contribution in [0.15, 0.2) is 78.9 Å². The lowest BCUT2D eigenvalue weighted by molar-refractivity contribution is -0.129. The molecule has 1 atom stereocenters. The summed E-state index contributed by atoms with van der Waals surface area (Å²) in [7, 11) is 0. The van der Waals surface area contributed by atoms with E-state index in [0.29, 0.717) is 36.5 Å². The Balaban J connectivity index is 1.24. The molecule has 1 heterocycles. The van der Waals surface area contributed by atoms with Gasteiger partial charge in [-0.2, -0.15) is 0 Å². The molecule has 7 nitrogen and oxygen atoms in total. The van der Waals surface area contributed by atoms with Crippen LogP contribution < -0.4 is 16.0 Å². The monoisotopic (exact) mass is 457 g/mol. The number of amides is 3. The second-order valence-electron chi connectivity index (χ2n) is 8.02. The summed E-state index contributed by atoms with van der Waals surface area (Å²) < 4.78 is 5.32. The molecule has 7 heteroatoms. The molecule has 0 radical (unpaired) electrons. The summed E-state index contributed by atoms with van der Waals surface area (Å²) in [5.41, 5.74) is 3.74. The van der Waals surface area contributed by atoms with Crippen molar-refractivity contribution in [2.24, 2.45) is 0 Å². The Kier molecular flexibility index (Phi) is 7.67. The van der Waals surface area contributed by atoms with E-state index in [1.807, 2.05) is 42.5 Å². The number of ether oxygens (including phenoxy) is 1. The van der Waals surface area contributed by atoms with Gasteiger partial charge in [-0.3, -0.25) is 14.4 Å². The van der Waals surface area contributed by atoms with Crippen LogP contribution in [-0.4, -0.2) is 43.5 Å². The first-order valence-corrected chi connectivity index (χ1v) is 11.3. The normalized spacial score (nSPS) is 14.9.